The predicted octanol–water partition coefficient (Wildman–Crippen LogP) is 6.42. The first-order valence-corrected chi connectivity index (χ1v) is 14.4. The van der Waals surface area contributed by atoms with E-state index in [0.29, 0.717) is 91.3 Å². The van der Waals surface area contributed by atoms with Gasteiger partial charge in [-0.1, -0.05) is 55.4 Å². The minimum absolute atomic E-state index is 0.0193. The van der Waals surface area contributed by atoms with Crippen LogP contribution in [0.4, 0.5) is 0 Å². The Labute approximate surface area is 246 Å². The number of aliphatic hydroxyl groups excluding tert-OH is 1. The molecule has 2 aliphatic rings. The molecule has 1 N–H and O–H groups in total. The van der Waals surface area contributed by atoms with Crippen LogP contribution in [0.2, 0.25) is 0 Å². The van der Waals surface area contributed by atoms with E-state index in [1.807, 2.05) is 62.4 Å². The first-order chi connectivity index (χ1) is 20.2. The van der Waals surface area contributed by atoms with Crippen molar-refractivity contribution in [3.05, 3.63) is 88.0 Å². The number of aliphatic imine (C=N–C) groups is 1. The number of aliphatic hydroxyl groups is 1. The van der Waals surface area contributed by atoms with Gasteiger partial charge in [0, 0.05) is 37.9 Å². The third-order valence-corrected chi connectivity index (χ3v) is 8.14. The molecular weight excluding hydrogens is 532 g/mol. The molecule has 0 aliphatic heterocycles. The van der Waals surface area contributed by atoms with E-state index in [9.17, 15) is 14.7 Å². The van der Waals surface area contributed by atoms with Crippen molar-refractivity contribution in [2.24, 2.45) is 10.4 Å². The molecule has 3 aromatic rings. The molecule has 2 aliphatic carbocycles. The van der Waals surface area contributed by atoms with E-state index in [1.54, 1.807) is 14.2 Å². The van der Waals surface area contributed by atoms with Gasteiger partial charge in [0.05, 0.1) is 31.1 Å². The number of ketones is 2. The number of fused-ring (bicyclic) bond motifs is 1. The molecule has 42 heavy (non-hydrogen) atoms. The first-order valence-electron chi connectivity index (χ1n) is 14.4. The van der Waals surface area contributed by atoms with Crippen molar-refractivity contribution in [3.63, 3.8) is 0 Å². The first kappa shape index (κ1) is 29.3. The predicted molar refractivity (Wildman–Crippen MR) is 160 cm³/mol. The van der Waals surface area contributed by atoms with Crippen LogP contribution in [0.5, 0.6) is 11.5 Å². The summed E-state index contributed by atoms with van der Waals surface area (Å²) in [7, 11) is 3.19. The van der Waals surface area contributed by atoms with E-state index in [-0.39, 0.29) is 28.7 Å². The molecule has 1 atom stereocenters. The number of nitrogens with zero attached hydrogens (tertiary/aromatic N) is 2. The van der Waals surface area contributed by atoms with Crippen molar-refractivity contribution in [2.45, 2.75) is 64.7 Å². The van der Waals surface area contributed by atoms with Crippen molar-refractivity contribution >= 4 is 17.3 Å². The summed E-state index contributed by atoms with van der Waals surface area (Å²) in [6, 6.07) is 15.7. The minimum atomic E-state index is -0.317. The van der Waals surface area contributed by atoms with E-state index < -0.39 is 0 Å². The topological polar surface area (TPSA) is 111 Å². The number of benzene rings is 2. The summed E-state index contributed by atoms with van der Waals surface area (Å²) < 4.78 is 16.4. The second-order valence-corrected chi connectivity index (χ2v) is 11.9. The number of methoxy groups -OCH3 is 2. The highest BCUT2D eigenvalue weighted by Crippen LogP contribution is 2.38. The van der Waals surface area contributed by atoms with Gasteiger partial charge in [-0.25, -0.2) is 0 Å². The van der Waals surface area contributed by atoms with Gasteiger partial charge >= 0.3 is 0 Å². The number of carbonyl (C=O) groups excluding carboxylic acids is 2. The summed E-state index contributed by atoms with van der Waals surface area (Å²) in [6.45, 7) is 4.36. The van der Waals surface area contributed by atoms with Crippen LogP contribution in [0.25, 0.3) is 0 Å². The molecule has 5 rings (SSSR count). The fraction of sp³-hybridized carbons (Fsp3) is 0.412. The van der Waals surface area contributed by atoms with Crippen LogP contribution in [0.3, 0.4) is 0 Å². The van der Waals surface area contributed by atoms with E-state index in [0.717, 1.165) is 11.1 Å². The summed E-state index contributed by atoms with van der Waals surface area (Å²) in [5, 5.41) is 15.3. The van der Waals surface area contributed by atoms with Gasteiger partial charge in [0.1, 0.15) is 11.5 Å². The second-order valence-electron chi connectivity index (χ2n) is 11.9. The maximum Gasteiger partial charge on any atom is 0.168 e. The standard InChI is InChI=1S/C34H38N2O6/c1-34(2)19-27(38)32(28(39)20-34)24(35-15-14-21-10-13-29(40-3)30(16-21)41-4)11-12-25-33-26(37)17-23(18-31(33)42-36-25)22-8-6-5-7-9-22/h5-10,13,16,23,38H,11-12,14-15,17-20H2,1-4H3. The highest BCUT2D eigenvalue weighted by Gasteiger charge is 2.36. The van der Waals surface area contributed by atoms with Crippen LogP contribution in [-0.4, -0.2) is 48.3 Å². The zero-order chi connectivity index (χ0) is 29.9. The molecule has 0 fully saturated rings. The van der Waals surface area contributed by atoms with Crippen LogP contribution < -0.4 is 9.47 Å². The van der Waals surface area contributed by atoms with Gasteiger partial charge in [0.25, 0.3) is 0 Å². The smallest absolute Gasteiger partial charge is 0.168 e. The number of carbonyl (C=O) groups is 2. The van der Waals surface area contributed by atoms with Gasteiger partial charge < -0.3 is 19.1 Å². The molecule has 0 amide bonds. The van der Waals surface area contributed by atoms with E-state index in [2.05, 4.69) is 5.16 Å². The highest BCUT2D eigenvalue weighted by atomic mass is 16.5. The lowest BCUT2D eigenvalue weighted by molar-refractivity contribution is -0.118. The molecule has 1 aromatic heterocycles. The van der Waals surface area contributed by atoms with Gasteiger partial charge in [0.2, 0.25) is 0 Å². The van der Waals surface area contributed by atoms with Crippen molar-refractivity contribution in [1.29, 1.82) is 0 Å². The number of aromatic nitrogens is 1. The number of hydrogen-bond acceptors (Lipinski definition) is 8. The number of ether oxygens (including phenoxy) is 2. The Morgan fingerprint density at radius 1 is 1.00 bits per heavy atom. The summed E-state index contributed by atoms with van der Waals surface area (Å²) in [6.07, 6.45) is 3.09. The molecule has 0 radical (unpaired) electrons. The highest BCUT2D eigenvalue weighted by molar-refractivity contribution is 6.23. The normalized spacial score (nSPS) is 18.7. The minimum Gasteiger partial charge on any atom is -0.511 e. The molecular formula is C34H38N2O6. The fourth-order valence-corrected chi connectivity index (χ4v) is 6.06. The molecule has 220 valence electrons. The molecule has 0 bridgehead atoms. The second kappa shape index (κ2) is 12.3. The average molecular weight is 571 g/mol. The zero-order valence-electron chi connectivity index (χ0n) is 24.7. The lowest BCUT2D eigenvalue weighted by Crippen LogP contribution is -2.29. The van der Waals surface area contributed by atoms with E-state index in [4.69, 9.17) is 19.0 Å². The number of allylic oxidation sites excluding steroid dienone is 2. The van der Waals surface area contributed by atoms with Crippen molar-refractivity contribution < 1.29 is 28.7 Å². The van der Waals surface area contributed by atoms with Crippen molar-refractivity contribution in [2.75, 3.05) is 20.8 Å². The maximum absolute atomic E-state index is 13.2. The lowest BCUT2D eigenvalue weighted by atomic mass is 9.75. The SMILES string of the molecule is COc1ccc(CCN=C(CCc2noc3c2C(=O)CC(c2ccccc2)C3)C2=C(O)CC(C)(C)CC2=O)cc1OC. The van der Waals surface area contributed by atoms with Gasteiger partial charge in [-0.2, -0.15) is 0 Å². The summed E-state index contributed by atoms with van der Waals surface area (Å²) in [4.78, 5) is 31.3. The quantitative estimate of drug-likeness (QED) is 0.280. The van der Waals surface area contributed by atoms with E-state index >= 15 is 0 Å². The maximum atomic E-state index is 13.2. The van der Waals surface area contributed by atoms with E-state index in [1.165, 1.54) is 0 Å². The number of aryl methyl sites for hydroxylation is 1. The molecule has 0 spiro atoms. The molecule has 0 saturated heterocycles. The average Bonchev–Trinajstić information content (AvgIpc) is 3.38. The molecule has 1 heterocycles. The van der Waals surface area contributed by atoms with Crippen LogP contribution in [-0.2, 0) is 24.1 Å². The molecule has 2 aromatic carbocycles. The third kappa shape index (κ3) is 6.32. The zero-order valence-corrected chi connectivity index (χ0v) is 24.7. The van der Waals surface area contributed by atoms with Crippen molar-refractivity contribution in [1.82, 2.24) is 5.16 Å². The van der Waals surface area contributed by atoms with Crippen LogP contribution in [0.1, 0.15) is 78.4 Å². The van der Waals surface area contributed by atoms with Crippen molar-refractivity contribution in [3.8, 4) is 11.5 Å². The Morgan fingerprint density at radius 2 is 1.76 bits per heavy atom. The Balaban J connectivity index is 1.37. The molecule has 8 heteroatoms. The van der Waals surface area contributed by atoms with Gasteiger partial charge in [-0.3, -0.25) is 14.6 Å². The monoisotopic (exact) mass is 570 g/mol. The van der Waals surface area contributed by atoms with Gasteiger partial charge in [0.15, 0.2) is 23.1 Å². The Hall–Kier alpha value is -4.20. The number of rotatable bonds is 10. The number of Topliss-reactive ketones (excluding diaryl/α,β-unsaturated/α-hetero) is 2. The fourth-order valence-electron chi connectivity index (χ4n) is 6.06. The largest absolute Gasteiger partial charge is 0.511 e. The Morgan fingerprint density at radius 3 is 2.48 bits per heavy atom. The lowest BCUT2D eigenvalue weighted by Gasteiger charge is -2.30. The molecule has 0 saturated carbocycles. The van der Waals surface area contributed by atoms with Crippen LogP contribution in [0.15, 0.2) is 69.4 Å². The molecule has 1 unspecified atom stereocenters. The number of hydrogen-bond donors (Lipinski definition) is 1. The molecule has 8 nitrogen and oxygen atoms in total. The van der Waals surface area contributed by atoms with Gasteiger partial charge in [-0.05, 0) is 53.9 Å². The Bertz CT molecular complexity index is 1530. The summed E-state index contributed by atoms with van der Waals surface area (Å²) in [5.74, 6) is 1.94. The Kier molecular flexibility index (Phi) is 8.61. The van der Waals surface area contributed by atoms with Gasteiger partial charge in [-0.15, -0.1) is 0 Å². The summed E-state index contributed by atoms with van der Waals surface area (Å²) >= 11 is 0. The summed E-state index contributed by atoms with van der Waals surface area (Å²) in [5.41, 5.74) is 3.78. The third-order valence-electron chi connectivity index (χ3n) is 8.14. The van der Waals surface area contributed by atoms with Crippen LogP contribution >= 0.6 is 0 Å². The van der Waals surface area contributed by atoms with Crippen LogP contribution in [0, 0.1) is 5.41 Å².